The van der Waals surface area contributed by atoms with Gasteiger partial charge in [0.1, 0.15) is 5.60 Å². The number of amides is 1. The number of alkyl carbamates (subject to hydrolysis) is 1. The van der Waals surface area contributed by atoms with Gasteiger partial charge in [-0.1, -0.05) is 0 Å². The summed E-state index contributed by atoms with van der Waals surface area (Å²) in [7, 11) is 0. The van der Waals surface area contributed by atoms with E-state index >= 15 is 0 Å². The first-order valence-electron chi connectivity index (χ1n) is 8.41. The van der Waals surface area contributed by atoms with Crippen LogP contribution < -0.4 is 10.2 Å². The van der Waals surface area contributed by atoms with Gasteiger partial charge < -0.3 is 15.0 Å². The highest BCUT2D eigenvalue weighted by molar-refractivity contribution is 5.68. The highest BCUT2D eigenvalue weighted by Gasteiger charge is 2.27. The number of hydrogen-bond donors (Lipinski definition) is 1. The number of ether oxygens (including phenoxy) is 1. The molecule has 1 aliphatic rings. The summed E-state index contributed by atoms with van der Waals surface area (Å²) in [5.41, 5.74) is 1.98. The average molecular weight is 319 g/mol. The molecule has 0 radical (unpaired) electrons. The van der Waals surface area contributed by atoms with Gasteiger partial charge in [-0.15, -0.1) is 0 Å². The van der Waals surface area contributed by atoms with Crippen LogP contribution in [0.5, 0.6) is 0 Å². The lowest BCUT2D eigenvalue weighted by atomic mass is 9.91. The van der Waals surface area contributed by atoms with E-state index < -0.39 is 5.60 Å². The van der Waals surface area contributed by atoms with E-state index in [1.807, 2.05) is 33.2 Å². The number of hydrogen-bond acceptors (Lipinski definition) is 4. The fourth-order valence-electron chi connectivity index (χ4n) is 3.07. The van der Waals surface area contributed by atoms with E-state index in [1.165, 1.54) is 11.3 Å². The number of aromatic nitrogens is 1. The zero-order chi connectivity index (χ0) is 17.0. The second kappa shape index (κ2) is 7.20. The first kappa shape index (κ1) is 17.6. The Morgan fingerprint density at radius 1 is 1.48 bits per heavy atom. The van der Waals surface area contributed by atoms with E-state index in [-0.39, 0.29) is 12.1 Å². The standard InChI is InChI=1S/C18H29N3O2/c1-13-11-19-9-8-16(13)21-10-6-7-15(12-21)14(2)20-17(22)23-18(3,4)5/h8-9,11,14-15H,6-7,10,12H2,1-5H3,(H,20,22)/t14-,15+/m0/s1. The van der Waals surface area contributed by atoms with Crippen molar-refractivity contribution in [2.24, 2.45) is 5.92 Å². The van der Waals surface area contributed by atoms with Crippen molar-refractivity contribution in [2.75, 3.05) is 18.0 Å². The van der Waals surface area contributed by atoms with Gasteiger partial charge in [0.2, 0.25) is 0 Å². The second-order valence-electron chi connectivity index (χ2n) is 7.45. The van der Waals surface area contributed by atoms with Crippen LogP contribution in [0, 0.1) is 12.8 Å². The molecule has 0 bridgehead atoms. The molecule has 0 aromatic carbocycles. The first-order valence-corrected chi connectivity index (χ1v) is 8.41. The van der Waals surface area contributed by atoms with Gasteiger partial charge in [-0.25, -0.2) is 4.79 Å². The van der Waals surface area contributed by atoms with Gasteiger partial charge in [-0.2, -0.15) is 0 Å². The molecule has 1 fully saturated rings. The molecule has 23 heavy (non-hydrogen) atoms. The van der Waals surface area contributed by atoms with Crippen LogP contribution in [-0.4, -0.2) is 35.8 Å². The van der Waals surface area contributed by atoms with E-state index in [1.54, 1.807) is 0 Å². The molecule has 1 amide bonds. The maximum atomic E-state index is 12.0. The van der Waals surface area contributed by atoms with E-state index in [0.29, 0.717) is 5.92 Å². The molecule has 5 nitrogen and oxygen atoms in total. The molecule has 0 saturated carbocycles. The van der Waals surface area contributed by atoms with Crippen molar-refractivity contribution in [2.45, 2.75) is 59.1 Å². The molecule has 1 aromatic heterocycles. The third-order valence-corrected chi connectivity index (χ3v) is 4.24. The number of anilines is 1. The Morgan fingerprint density at radius 3 is 2.87 bits per heavy atom. The highest BCUT2D eigenvalue weighted by Crippen LogP contribution is 2.27. The molecule has 0 aliphatic carbocycles. The minimum Gasteiger partial charge on any atom is -0.444 e. The first-order chi connectivity index (χ1) is 10.8. The van der Waals surface area contributed by atoms with Crippen LogP contribution in [0.15, 0.2) is 18.5 Å². The molecule has 2 rings (SSSR count). The topological polar surface area (TPSA) is 54.5 Å². The Labute approximate surface area is 139 Å². The van der Waals surface area contributed by atoms with Crippen molar-refractivity contribution in [3.05, 3.63) is 24.0 Å². The summed E-state index contributed by atoms with van der Waals surface area (Å²) in [5.74, 6) is 0.420. The van der Waals surface area contributed by atoms with Gasteiger partial charge in [-0.05, 0) is 65.0 Å². The number of aryl methyl sites for hydroxylation is 1. The maximum absolute atomic E-state index is 12.0. The summed E-state index contributed by atoms with van der Waals surface area (Å²) in [4.78, 5) is 18.5. The fraction of sp³-hybridized carbons (Fsp3) is 0.667. The molecule has 2 atom stereocenters. The predicted molar refractivity (Wildman–Crippen MR) is 92.7 cm³/mol. The molecule has 2 heterocycles. The lowest BCUT2D eigenvalue weighted by molar-refractivity contribution is 0.0489. The minimum atomic E-state index is -0.462. The third kappa shape index (κ3) is 5.12. The van der Waals surface area contributed by atoms with E-state index in [9.17, 15) is 4.79 Å². The van der Waals surface area contributed by atoms with Crippen LogP contribution >= 0.6 is 0 Å². The van der Waals surface area contributed by atoms with Crippen LogP contribution in [0.2, 0.25) is 0 Å². The average Bonchev–Trinajstić information content (AvgIpc) is 2.45. The van der Waals surface area contributed by atoms with Crippen LogP contribution in [0.1, 0.15) is 46.1 Å². The molecular formula is C18H29N3O2. The second-order valence-corrected chi connectivity index (χ2v) is 7.45. The van der Waals surface area contributed by atoms with Crippen molar-refractivity contribution in [3.63, 3.8) is 0 Å². The lowest BCUT2D eigenvalue weighted by Crippen LogP contribution is -2.47. The predicted octanol–water partition coefficient (Wildman–Crippen LogP) is 3.52. The summed E-state index contributed by atoms with van der Waals surface area (Å²) in [6.07, 6.45) is 5.67. The van der Waals surface area contributed by atoms with Crippen LogP contribution in [0.25, 0.3) is 0 Å². The normalized spacial score (nSPS) is 20.0. The number of nitrogens with one attached hydrogen (secondary N) is 1. The third-order valence-electron chi connectivity index (χ3n) is 4.24. The number of pyridine rings is 1. The molecule has 0 unspecified atom stereocenters. The quantitative estimate of drug-likeness (QED) is 0.926. The van der Waals surface area contributed by atoms with Crippen LogP contribution in [0.3, 0.4) is 0 Å². The fourth-order valence-corrected chi connectivity index (χ4v) is 3.07. The van der Waals surface area contributed by atoms with Gasteiger partial charge >= 0.3 is 6.09 Å². The van der Waals surface area contributed by atoms with Crippen molar-refractivity contribution in [1.29, 1.82) is 0 Å². The Balaban J connectivity index is 1.95. The monoisotopic (exact) mass is 319 g/mol. The van der Waals surface area contributed by atoms with Gasteiger partial charge in [-0.3, -0.25) is 4.98 Å². The molecule has 1 N–H and O–H groups in total. The molecule has 128 valence electrons. The summed E-state index contributed by atoms with van der Waals surface area (Å²) in [6, 6.07) is 2.17. The number of piperidine rings is 1. The van der Waals surface area contributed by atoms with E-state index in [0.717, 1.165) is 25.9 Å². The lowest BCUT2D eigenvalue weighted by Gasteiger charge is -2.38. The molecule has 1 aromatic rings. The van der Waals surface area contributed by atoms with Gasteiger partial charge in [0.25, 0.3) is 0 Å². The summed E-state index contributed by atoms with van der Waals surface area (Å²) < 4.78 is 5.36. The Morgan fingerprint density at radius 2 is 2.22 bits per heavy atom. The molecule has 5 heteroatoms. The van der Waals surface area contributed by atoms with Gasteiger partial charge in [0, 0.05) is 37.2 Å². The highest BCUT2D eigenvalue weighted by atomic mass is 16.6. The zero-order valence-corrected chi connectivity index (χ0v) is 14.9. The van der Waals surface area contributed by atoms with Gasteiger partial charge in [0.15, 0.2) is 0 Å². The SMILES string of the molecule is Cc1cnccc1N1CCC[C@@H]([C@H](C)NC(=O)OC(C)(C)C)C1. The van der Waals surface area contributed by atoms with Gasteiger partial charge in [0.05, 0.1) is 0 Å². The largest absolute Gasteiger partial charge is 0.444 e. The smallest absolute Gasteiger partial charge is 0.407 e. The number of nitrogens with zero attached hydrogens (tertiary/aromatic N) is 2. The summed E-state index contributed by atoms with van der Waals surface area (Å²) in [5, 5.41) is 2.99. The Kier molecular flexibility index (Phi) is 5.50. The Bertz CT molecular complexity index is 539. The number of carbonyl (C=O) groups excluding carboxylic acids is 1. The van der Waals surface area contributed by atoms with E-state index in [2.05, 4.69) is 35.1 Å². The number of rotatable bonds is 3. The summed E-state index contributed by atoms with van der Waals surface area (Å²) in [6.45, 7) is 11.8. The van der Waals surface area contributed by atoms with Crippen molar-refractivity contribution >= 4 is 11.8 Å². The molecule has 1 aliphatic heterocycles. The minimum absolute atomic E-state index is 0.0924. The molecular weight excluding hydrogens is 290 g/mol. The molecule has 0 spiro atoms. The van der Waals surface area contributed by atoms with Crippen molar-refractivity contribution in [1.82, 2.24) is 10.3 Å². The summed E-state index contributed by atoms with van der Waals surface area (Å²) >= 11 is 0. The van der Waals surface area contributed by atoms with Crippen LogP contribution in [0.4, 0.5) is 10.5 Å². The van der Waals surface area contributed by atoms with E-state index in [4.69, 9.17) is 4.74 Å². The van der Waals surface area contributed by atoms with Crippen molar-refractivity contribution < 1.29 is 9.53 Å². The van der Waals surface area contributed by atoms with Crippen LogP contribution in [-0.2, 0) is 4.74 Å². The number of carbonyl (C=O) groups is 1. The molecule has 1 saturated heterocycles. The zero-order valence-electron chi connectivity index (χ0n) is 14.9. The van der Waals surface area contributed by atoms with Crippen molar-refractivity contribution in [3.8, 4) is 0 Å². The Hall–Kier alpha value is -1.78. The maximum Gasteiger partial charge on any atom is 0.407 e.